The van der Waals surface area contributed by atoms with Crippen LogP contribution in [-0.4, -0.2) is 31.5 Å². The van der Waals surface area contributed by atoms with Gasteiger partial charge in [-0.1, -0.05) is 0 Å². The Labute approximate surface area is 136 Å². The highest BCUT2D eigenvalue weighted by Gasteiger charge is 2.17. The normalized spacial score (nSPS) is 16.0. The second kappa shape index (κ2) is 6.60. The summed E-state index contributed by atoms with van der Waals surface area (Å²) in [5.74, 6) is -0.350. The van der Waals surface area contributed by atoms with Crippen LogP contribution in [0.2, 0.25) is 0 Å². The maximum Gasteiger partial charge on any atom is 0.221 e. The third-order valence-electron chi connectivity index (χ3n) is 3.54. The third-order valence-corrected chi connectivity index (χ3v) is 3.54. The van der Waals surface area contributed by atoms with Gasteiger partial charge in [-0.15, -0.1) is 0 Å². The molecule has 0 saturated heterocycles. The highest BCUT2D eigenvalue weighted by molar-refractivity contribution is 6.23. The number of carbonyl (C=O) groups is 2. The Morgan fingerprint density at radius 1 is 1.17 bits per heavy atom. The van der Waals surface area contributed by atoms with E-state index in [4.69, 9.17) is 0 Å². The Bertz CT molecular complexity index is 756. The molecule has 0 bridgehead atoms. The number of aliphatic imine (C=N–C) groups is 1. The van der Waals surface area contributed by atoms with Crippen LogP contribution >= 0.6 is 0 Å². The predicted molar refractivity (Wildman–Crippen MR) is 93.3 cm³/mol. The Morgan fingerprint density at radius 3 is 2.43 bits per heavy atom. The van der Waals surface area contributed by atoms with E-state index in [9.17, 15) is 9.59 Å². The number of hydrogen-bond acceptors (Lipinski definition) is 4. The van der Waals surface area contributed by atoms with Crippen molar-refractivity contribution in [2.24, 2.45) is 4.99 Å². The molecule has 0 saturated carbocycles. The van der Waals surface area contributed by atoms with E-state index in [-0.39, 0.29) is 11.7 Å². The predicted octanol–water partition coefficient (Wildman–Crippen LogP) is 2.68. The number of amides is 1. The largest absolute Gasteiger partial charge is 0.378 e. The molecule has 5 nitrogen and oxygen atoms in total. The average Bonchev–Trinajstić information content (AvgIpc) is 2.45. The zero-order valence-electron chi connectivity index (χ0n) is 14.1. The highest BCUT2D eigenvalue weighted by Crippen LogP contribution is 2.25. The van der Waals surface area contributed by atoms with E-state index >= 15 is 0 Å². The van der Waals surface area contributed by atoms with E-state index < -0.39 is 0 Å². The van der Waals surface area contributed by atoms with Gasteiger partial charge in [0.15, 0.2) is 5.78 Å². The SMILES string of the molecule is CC(=O)NC1=CC(=O)C(C)=CC1=Nc1ccc(N(C)C)cc1C. The van der Waals surface area contributed by atoms with Crippen LogP contribution < -0.4 is 10.2 Å². The minimum atomic E-state index is -0.232. The average molecular weight is 311 g/mol. The molecule has 1 N–H and O–H groups in total. The standard InChI is InChI=1S/C18H21N3O2/c1-11-8-14(21(4)5)6-7-15(11)20-16-9-12(2)18(23)10-17(16)19-13(3)22/h6-10H,1-5H3,(H,19,22). The second-order valence-electron chi connectivity index (χ2n) is 5.79. The van der Waals surface area contributed by atoms with E-state index in [0.29, 0.717) is 17.0 Å². The molecule has 1 aliphatic rings. The summed E-state index contributed by atoms with van der Waals surface area (Å²) in [6, 6.07) is 5.97. The molecule has 1 aromatic rings. The van der Waals surface area contributed by atoms with Crippen LogP contribution in [0.3, 0.4) is 0 Å². The maximum atomic E-state index is 11.8. The van der Waals surface area contributed by atoms with Crippen molar-refractivity contribution in [2.45, 2.75) is 20.8 Å². The number of hydrogen-bond donors (Lipinski definition) is 1. The van der Waals surface area contributed by atoms with E-state index in [1.165, 1.54) is 13.0 Å². The van der Waals surface area contributed by atoms with Gasteiger partial charge in [-0.25, -0.2) is 4.99 Å². The van der Waals surface area contributed by atoms with Crippen LogP contribution in [0, 0.1) is 6.92 Å². The molecule has 0 atom stereocenters. The second-order valence-corrected chi connectivity index (χ2v) is 5.79. The first kappa shape index (κ1) is 16.7. The molecular weight excluding hydrogens is 290 g/mol. The first-order valence-corrected chi connectivity index (χ1v) is 7.37. The van der Waals surface area contributed by atoms with Crippen LogP contribution in [0.25, 0.3) is 0 Å². The van der Waals surface area contributed by atoms with Gasteiger partial charge in [0.2, 0.25) is 5.91 Å². The van der Waals surface area contributed by atoms with Crippen molar-refractivity contribution in [2.75, 3.05) is 19.0 Å². The fourth-order valence-corrected chi connectivity index (χ4v) is 2.23. The van der Waals surface area contributed by atoms with Gasteiger partial charge in [0.25, 0.3) is 0 Å². The number of allylic oxidation sites excluding steroid dienone is 3. The number of nitrogens with zero attached hydrogens (tertiary/aromatic N) is 2. The van der Waals surface area contributed by atoms with Gasteiger partial charge in [0.05, 0.1) is 17.1 Å². The number of aryl methyl sites for hydroxylation is 1. The van der Waals surface area contributed by atoms with Gasteiger partial charge >= 0.3 is 0 Å². The van der Waals surface area contributed by atoms with Crippen LogP contribution in [0.4, 0.5) is 11.4 Å². The summed E-state index contributed by atoms with van der Waals surface area (Å²) in [4.78, 5) is 29.8. The molecular formula is C18H21N3O2. The zero-order chi connectivity index (χ0) is 17.1. The molecule has 1 amide bonds. The summed E-state index contributed by atoms with van der Waals surface area (Å²) in [6.45, 7) is 5.13. The summed E-state index contributed by atoms with van der Waals surface area (Å²) in [6.07, 6.45) is 3.12. The Morgan fingerprint density at radius 2 is 1.87 bits per heavy atom. The topological polar surface area (TPSA) is 61.8 Å². The van der Waals surface area contributed by atoms with Gasteiger partial charge in [0.1, 0.15) is 0 Å². The molecule has 23 heavy (non-hydrogen) atoms. The zero-order valence-corrected chi connectivity index (χ0v) is 14.1. The number of rotatable bonds is 3. The fraction of sp³-hybridized carbons (Fsp3) is 0.278. The molecule has 1 aromatic carbocycles. The molecule has 0 unspecified atom stereocenters. The van der Waals surface area contributed by atoms with Crippen LogP contribution in [0.15, 0.2) is 46.6 Å². The smallest absolute Gasteiger partial charge is 0.221 e. The van der Waals surface area contributed by atoms with Gasteiger partial charge < -0.3 is 10.2 Å². The van der Waals surface area contributed by atoms with Crippen LogP contribution in [-0.2, 0) is 9.59 Å². The summed E-state index contributed by atoms with van der Waals surface area (Å²) in [5, 5.41) is 2.67. The number of nitrogens with one attached hydrogen (secondary N) is 1. The van der Waals surface area contributed by atoms with Gasteiger partial charge in [-0.2, -0.15) is 0 Å². The first-order chi connectivity index (χ1) is 10.8. The molecule has 0 heterocycles. The maximum absolute atomic E-state index is 11.8. The van der Waals surface area contributed by atoms with Crippen molar-refractivity contribution < 1.29 is 9.59 Å². The van der Waals surface area contributed by atoms with Crippen molar-refractivity contribution in [3.63, 3.8) is 0 Å². The minimum Gasteiger partial charge on any atom is -0.378 e. The van der Waals surface area contributed by atoms with Crippen molar-refractivity contribution >= 4 is 28.8 Å². The van der Waals surface area contributed by atoms with E-state index in [1.54, 1.807) is 13.0 Å². The van der Waals surface area contributed by atoms with Crippen molar-refractivity contribution in [1.82, 2.24) is 5.32 Å². The lowest BCUT2D eigenvalue weighted by Crippen LogP contribution is -2.27. The quantitative estimate of drug-likeness (QED) is 0.873. The third kappa shape index (κ3) is 3.94. The lowest BCUT2D eigenvalue weighted by Gasteiger charge is -2.16. The Hall–Kier alpha value is -2.69. The van der Waals surface area contributed by atoms with Crippen molar-refractivity contribution in [1.29, 1.82) is 0 Å². The first-order valence-electron chi connectivity index (χ1n) is 7.37. The highest BCUT2D eigenvalue weighted by atomic mass is 16.1. The molecule has 0 aromatic heterocycles. The van der Waals surface area contributed by atoms with E-state index in [2.05, 4.69) is 10.3 Å². The number of anilines is 1. The van der Waals surface area contributed by atoms with Crippen molar-refractivity contribution in [3.8, 4) is 0 Å². The van der Waals surface area contributed by atoms with Gasteiger partial charge in [0, 0.05) is 32.8 Å². The molecule has 0 aliphatic heterocycles. The van der Waals surface area contributed by atoms with Gasteiger partial charge in [-0.3, -0.25) is 9.59 Å². The fourth-order valence-electron chi connectivity index (χ4n) is 2.23. The Balaban J connectivity index is 2.45. The number of ketones is 1. The summed E-state index contributed by atoms with van der Waals surface area (Å²) >= 11 is 0. The van der Waals surface area contributed by atoms with Crippen LogP contribution in [0.5, 0.6) is 0 Å². The van der Waals surface area contributed by atoms with E-state index in [0.717, 1.165) is 16.9 Å². The van der Waals surface area contributed by atoms with E-state index in [1.807, 2.05) is 44.1 Å². The number of benzene rings is 1. The number of carbonyl (C=O) groups excluding carboxylic acids is 2. The molecule has 0 spiro atoms. The lowest BCUT2D eigenvalue weighted by atomic mass is 10.0. The van der Waals surface area contributed by atoms with Crippen LogP contribution in [0.1, 0.15) is 19.4 Å². The summed E-state index contributed by atoms with van der Waals surface area (Å²) < 4.78 is 0. The van der Waals surface area contributed by atoms with Crippen molar-refractivity contribution in [3.05, 3.63) is 47.2 Å². The lowest BCUT2D eigenvalue weighted by molar-refractivity contribution is -0.118. The molecule has 1 aliphatic carbocycles. The molecule has 0 fully saturated rings. The summed E-state index contributed by atoms with van der Waals surface area (Å²) in [7, 11) is 3.97. The molecule has 120 valence electrons. The molecule has 2 rings (SSSR count). The Kier molecular flexibility index (Phi) is 4.79. The minimum absolute atomic E-state index is 0.118. The monoisotopic (exact) mass is 311 g/mol. The molecule has 0 radical (unpaired) electrons. The van der Waals surface area contributed by atoms with Gasteiger partial charge in [-0.05, 0) is 49.3 Å². The summed E-state index contributed by atoms with van der Waals surface area (Å²) in [5.41, 5.74) is 4.53. The molecule has 5 heteroatoms.